The van der Waals surface area contributed by atoms with Crippen molar-refractivity contribution >= 4 is 11.9 Å². The van der Waals surface area contributed by atoms with Crippen molar-refractivity contribution in [3.8, 4) is 0 Å². The Morgan fingerprint density at radius 1 is 1.11 bits per heavy atom. The van der Waals surface area contributed by atoms with Gasteiger partial charge in [-0.05, 0) is 61.2 Å². The van der Waals surface area contributed by atoms with Crippen molar-refractivity contribution in [2.45, 2.75) is 51.4 Å². The van der Waals surface area contributed by atoms with E-state index in [0.29, 0.717) is 18.3 Å². The molecule has 2 atom stereocenters. The Morgan fingerprint density at radius 2 is 1.63 bits per heavy atom. The fourth-order valence-corrected chi connectivity index (χ4v) is 5.76. The number of methoxy groups -OCH3 is 1. The van der Waals surface area contributed by atoms with Crippen LogP contribution < -0.4 is 0 Å². The fourth-order valence-electron chi connectivity index (χ4n) is 5.76. The standard InChI is InChI=1S/C15H22O4/c1-19-13(18)8-15-5-10-2-11(6-15)4-14(3-10,9-15)7-12(16)17/h10-11H,2-9H2,1H3,(H,16,17). The SMILES string of the molecule is COC(=O)CC12CC3CC(CC(CC(=O)O)(C3)C1)C2. The first kappa shape index (κ1) is 12.9. The molecule has 4 heteroatoms. The molecular weight excluding hydrogens is 244 g/mol. The number of rotatable bonds is 4. The quantitative estimate of drug-likeness (QED) is 0.794. The van der Waals surface area contributed by atoms with Gasteiger partial charge in [0.05, 0.1) is 20.0 Å². The van der Waals surface area contributed by atoms with Gasteiger partial charge in [-0.2, -0.15) is 0 Å². The Balaban J connectivity index is 1.84. The number of ether oxygens (including phenoxy) is 1. The number of hydrogen-bond donors (Lipinski definition) is 1. The minimum absolute atomic E-state index is 0.0344. The maximum atomic E-state index is 11.7. The van der Waals surface area contributed by atoms with Gasteiger partial charge in [0.1, 0.15) is 0 Å². The van der Waals surface area contributed by atoms with Crippen LogP contribution in [0.5, 0.6) is 0 Å². The number of aliphatic carboxylic acids is 1. The summed E-state index contributed by atoms with van der Waals surface area (Å²) in [4.78, 5) is 22.9. The van der Waals surface area contributed by atoms with E-state index in [4.69, 9.17) is 4.74 Å². The van der Waals surface area contributed by atoms with E-state index in [9.17, 15) is 14.7 Å². The molecule has 19 heavy (non-hydrogen) atoms. The molecule has 0 aromatic rings. The molecule has 4 fully saturated rings. The van der Waals surface area contributed by atoms with E-state index in [1.54, 1.807) is 0 Å². The molecule has 4 aliphatic carbocycles. The maximum absolute atomic E-state index is 11.7. The second-order valence-electron chi connectivity index (χ2n) is 7.28. The first-order valence-electron chi connectivity index (χ1n) is 7.23. The van der Waals surface area contributed by atoms with Gasteiger partial charge in [-0.25, -0.2) is 0 Å². The highest BCUT2D eigenvalue weighted by molar-refractivity contribution is 5.70. The lowest BCUT2D eigenvalue weighted by Gasteiger charge is -2.61. The van der Waals surface area contributed by atoms with Gasteiger partial charge in [0.25, 0.3) is 0 Å². The van der Waals surface area contributed by atoms with Crippen LogP contribution in [0.3, 0.4) is 0 Å². The minimum atomic E-state index is -0.685. The van der Waals surface area contributed by atoms with Crippen LogP contribution in [0, 0.1) is 22.7 Å². The van der Waals surface area contributed by atoms with Crippen LogP contribution in [0.25, 0.3) is 0 Å². The average molecular weight is 266 g/mol. The number of hydrogen-bond acceptors (Lipinski definition) is 3. The number of carbonyl (C=O) groups is 2. The minimum Gasteiger partial charge on any atom is -0.481 e. The van der Waals surface area contributed by atoms with Crippen LogP contribution in [0.1, 0.15) is 51.4 Å². The van der Waals surface area contributed by atoms with Crippen molar-refractivity contribution in [3.63, 3.8) is 0 Å². The second kappa shape index (κ2) is 4.22. The molecule has 4 rings (SSSR count). The average Bonchev–Trinajstić information content (AvgIpc) is 2.24. The highest BCUT2D eigenvalue weighted by atomic mass is 16.5. The van der Waals surface area contributed by atoms with Gasteiger partial charge >= 0.3 is 11.9 Å². The molecule has 0 aromatic heterocycles. The topological polar surface area (TPSA) is 63.6 Å². The summed E-state index contributed by atoms with van der Waals surface area (Å²) in [6.07, 6.45) is 7.22. The Hall–Kier alpha value is -1.06. The molecule has 106 valence electrons. The number of carboxylic acids is 1. The Kier molecular flexibility index (Phi) is 2.88. The first-order chi connectivity index (χ1) is 8.94. The van der Waals surface area contributed by atoms with Gasteiger partial charge in [0, 0.05) is 0 Å². The van der Waals surface area contributed by atoms with E-state index in [2.05, 4.69) is 0 Å². The normalized spacial score (nSPS) is 43.2. The van der Waals surface area contributed by atoms with Crippen LogP contribution in [0.15, 0.2) is 0 Å². The largest absolute Gasteiger partial charge is 0.481 e. The van der Waals surface area contributed by atoms with Crippen molar-refractivity contribution in [2.75, 3.05) is 7.11 Å². The third kappa shape index (κ3) is 2.26. The Morgan fingerprint density at radius 3 is 2.11 bits per heavy atom. The predicted molar refractivity (Wildman–Crippen MR) is 68.4 cm³/mol. The van der Waals surface area contributed by atoms with Gasteiger partial charge in [-0.3, -0.25) is 9.59 Å². The molecule has 4 saturated carbocycles. The molecular formula is C15H22O4. The van der Waals surface area contributed by atoms with Crippen LogP contribution in [0.4, 0.5) is 0 Å². The van der Waals surface area contributed by atoms with Crippen molar-refractivity contribution < 1.29 is 19.4 Å². The number of esters is 1. The second-order valence-corrected chi connectivity index (χ2v) is 7.28. The zero-order valence-corrected chi connectivity index (χ0v) is 11.5. The molecule has 4 bridgehead atoms. The van der Waals surface area contributed by atoms with E-state index < -0.39 is 5.97 Å². The van der Waals surface area contributed by atoms with Gasteiger partial charge in [-0.1, -0.05) is 0 Å². The fraction of sp³-hybridized carbons (Fsp3) is 0.867. The third-order valence-corrected chi connectivity index (χ3v) is 5.58. The third-order valence-electron chi connectivity index (χ3n) is 5.58. The lowest BCUT2D eigenvalue weighted by atomic mass is 9.43. The van der Waals surface area contributed by atoms with E-state index in [1.165, 1.54) is 13.5 Å². The van der Waals surface area contributed by atoms with E-state index in [-0.39, 0.29) is 23.2 Å². The van der Waals surface area contributed by atoms with Crippen molar-refractivity contribution in [3.05, 3.63) is 0 Å². The molecule has 0 amide bonds. The van der Waals surface area contributed by atoms with Gasteiger partial charge in [0.15, 0.2) is 0 Å². The molecule has 0 spiro atoms. The van der Waals surface area contributed by atoms with Crippen molar-refractivity contribution in [1.82, 2.24) is 0 Å². The molecule has 4 aliphatic rings. The molecule has 0 aromatic carbocycles. The maximum Gasteiger partial charge on any atom is 0.306 e. The molecule has 4 nitrogen and oxygen atoms in total. The van der Waals surface area contributed by atoms with Gasteiger partial charge in [0.2, 0.25) is 0 Å². The summed E-state index contributed by atoms with van der Waals surface area (Å²) in [7, 11) is 1.44. The van der Waals surface area contributed by atoms with Gasteiger partial charge < -0.3 is 9.84 Å². The summed E-state index contributed by atoms with van der Waals surface area (Å²) in [6, 6.07) is 0. The lowest BCUT2D eigenvalue weighted by molar-refractivity contribution is -0.161. The van der Waals surface area contributed by atoms with E-state index >= 15 is 0 Å². The molecule has 0 heterocycles. The van der Waals surface area contributed by atoms with Crippen LogP contribution >= 0.6 is 0 Å². The van der Waals surface area contributed by atoms with Crippen molar-refractivity contribution in [1.29, 1.82) is 0 Å². The number of carbonyl (C=O) groups excluding carboxylic acids is 1. The molecule has 2 unspecified atom stereocenters. The first-order valence-corrected chi connectivity index (χ1v) is 7.23. The smallest absolute Gasteiger partial charge is 0.306 e. The molecule has 0 saturated heterocycles. The number of carboxylic acid groups (broad SMARTS) is 1. The Bertz CT molecular complexity index is 400. The summed E-state index contributed by atoms with van der Waals surface area (Å²) in [5.41, 5.74) is -0.00341. The monoisotopic (exact) mass is 266 g/mol. The zero-order valence-electron chi connectivity index (χ0n) is 11.5. The zero-order chi connectivity index (χ0) is 13.7. The van der Waals surface area contributed by atoms with Crippen LogP contribution in [-0.2, 0) is 14.3 Å². The molecule has 1 N–H and O–H groups in total. The summed E-state index contributed by atoms with van der Waals surface area (Å²) in [5.74, 6) is 0.443. The molecule has 0 aliphatic heterocycles. The Labute approximate surface area is 113 Å². The highest BCUT2D eigenvalue weighted by Crippen LogP contribution is 2.67. The summed E-state index contributed by atoms with van der Waals surface area (Å²) in [6.45, 7) is 0. The van der Waals surface area contributed by atoms with Crippen LogP contribution in [0.2, 0.25) is 0 Å². The molecule has 0 radical (unpaired) electrons. The van der Waals surface area contributed by atoms with Gasteiger partial charge in [-0.15, -0.1) is 0 Å². The van der Waals surface area contributed by atoms with Crippen molar-refractivity contribution in [2.24, 2.45) is 22.7 Å². The van der Waals surface area contributed by atoms with Crippen LogP contribution in [-0.4, -0.2) is 24.2 Å². The van der Waals surface area contributed by atoms with E-state index in [1.807, 2.05) is 0 Å². The summed E-state index contributed by atoms with van der Waals surface area (Å²) in [5, 5.41) is 9.19. The van der Waals surface area contributed by atoms with E-state index in [0.717, 1.165) is 32.1 Å². The lowest BCUT2D eigenvalue weighted by Crippen LogP contribution is -2.53. The summed E-state index contributed by atoms with van der Waals surface area (Å²) < 4.78 is 4.85. The summed E-state index contributed by atoms with van der Waals surface area (Å²) >= 11 is 0. The predicted octanol–water partition coefficient (Wildman–Crippen LogP) is 2.61. The highest BCUT2D eigenvalue weighted by Gasteiger charge is 2.58.